The minimum Gasteiger partial charge on any atom is -0.378 e. The number of ether oxygens (including phenoxy) is 1. The number of hydrogen-bond donors (Lipinski definition) is 1. The van der Waals surface area contributed by atoms with Crippen molar-refractivity contribution in [3.05, 3.63) is 47.3 Å². The SMILES string of the molecule is CCNC(=NCc1ccc(N2CCOCC2)cc1)N1CCN(c2cccs2)CC1. The molecule has 0 amide bonds. The topological polar surface area (TPSA) is 43.3 Å². The maximum absolute atomic E-state index is 5.44. The third-order valence-corrected chi connectivity index (χ3v) is 6.38. The molecule has 2 fully saturated rings. The fraction of sp³-hybridized carbons (Fsp3) is 0.500. The van der Waals surface area contributed by atoms with Gasteiger partial charge in [0.2, 0.25) is 0 Å². The molecule has 0 spiro atoms. The van der Waals surface area contributed by atoms with Crippen LogP contribution in [0.1, 0.15) is 12.5 Å². The monoisotopic (exact) mass is 413 g/mol. The molecule has 0 aliphatic carbocycles. The zero-order chi connectivity index (χ0) is 19.9. The Kier molecular flexibility index (Phi) is 6.90. The van der Waals surface area contributed by atoms with Crippen LogP contribution in [0.5, 0.6) is 0 Å². The largest absolute Gasteiger partial charge is 0.378 e. The zero-order valence-corrected chi connectivity index (χ0v) is 18.0. The van der Waals surface area contributed by atoms with Gasteiger partial charge in [0.05, 0.1) is 24.8 Å². The lowest BCUT2D eigenvalue weighted by Crippen LogP contribution is -2.52. The Labute approximate surface area is 177 Å². The Hall–Kier alpha value is -2.25. The van der Waals surface area contributed by atoms with E-state index in [-0.39, 0.29) is 0 Å². The average molecular weight is 414 g/mol. The fourth-order valence-corrected chi connectivity index (χ4v) is 4.60. The molecule has 0 bridgehead atoms. The van der Waals surface area contributed by atoms with Crippen molar-refractivity contribution in [2.24, 2.45) is 4.99 Å². The number of piperazine rings is 1. The summed E-state index contributed by atoms with van der Waals surface area (Å²) in [4.78, 5) is 12.2. The summed E-state index contributed by atoms with van der Waals surface area (Å²) in [5.41, 5.74) is 2.52. The van der Waals surface area contributed by atoms with Crippen LogP contribution in [0.2, 0.25) is 0 Å². The van der Waals surface area contributed by atoms with Crippen molar-refractivity contribution in [2.75, 3.05) is 68.8 Å². The maximum Gasteiger partial charge on any atom is 0.194 e. The van der Waals surface area contributed by atoms with E-state index in [0.717, 1.165) is 65.0 Å². The number of anilines is 2. The number of guanidine groups is 1. The quantitative estimate of drug-likeness (QED) is 0.603. The summed E-state index contributed by atoms with van der Waals surface area (Å²) >= 11 is 1.82. The summed E-state index contributed by atoms with van der Waals surface area (Å²) in [5, 5.41) is 6.99. The molecular formula is C22H31N5OS. The van der Waals surface area contributed by atoms with Crippen molar-refractivity contribution in [3.8, 4) is 0 Å². The Bertz CT molecular complexity index is 763. The normalized spacial score (nSPS) is 18.2. The first-order chi connectivity index (χ1) is 14.3. The van der Waals surface area contributed by atoms with Crippen LogP contribution < -0.4 is 15.1 Å². The number of nitrogens with one attached hydrogen (secondary N) is 1. The molecule has 2 aromatic rings. The molecule has 7 heteroatoms. The van der Waals surface area contributed by atoms with E-state index >= 15 is 0 Å². The maximum atomic E-state index is 5.44. The molecule has 3 heterocycles. The Balaban J connectivity index is 1.34. The minimum absolute atomic E-state index is 0.705. The van der Waals surface area contributed by atoms with Gasteiger partial charge in [-0.25, -0.2) is 4.99 Å². The van der Waals surface area contributed by atoms with Gasteiger partial charge in [0.25, 0.3) is 0 Å². The standard InChI is InChI=1S/C22H31N5OS/c1-2-23-22(27-11-9-26(10-12-27)21-4-3-17-29-21)24-18-19-5-7-20(8-6-19)25-13-15-28-16-14-25/h3-8,17H,2,9-16,18H2,1H3,(H,23,24). The van der Waals surface area contributed by atoms with E-state index in [4.69, 9.17) is 9.73 Å². The van der Waals surface area contributed by atoms with Crippen LogP contribution in [0.4, 0.5) is 10.7 Å². The van der Waals surface area contributed by atoms with Crippen molar-refractivity contribution in [2.45, 2.75) is 13.5 Å². The molecule has 2 saturated heterocycles. The summed E-state index contributed by atoms with van der Waals surface area (Å²) in [5.74, 6) is 1.02. The van der Waals surface area contributed by atoms with Crippen LogP contribution >= 0.6 is 11.3 Å². The van der Waals surface area contributed by atoms with Crippen molar-refractivity contribution < 1.29 is 4.74 Å². The number of thiophene rings is 1. The molecule has 6 nitrogen and oxygen atoms in total. The molecule has 0 saturated carbocycles. The van der Waals surface area contributed by atoms with Crippen LogP contribution in [-0.4, -0.2) is 69.9 Å². The average Bonchev–Trinajstić information content (AvgIpc) is 3.33. The van der Waals surface area contributed by atoms with E-state index in [1.807, 2.05) is 11.3 Å². The highest BCUT2D eigenvalue weighted by atomic mass is 32.1. The van der Waals surface area contributed by atoms with E-state index in [1.54, 1.807) is 0 Å². The Morgan fingerprint density at radius 3 is 2.41 bits per heavy atom. The lowest BCUT2D eigenvalue weighted by atomic mass is 10.2. The summed E-state index contributed by atoms with van der Waals surface area (Å²) in [6, 6.07) is 13.2. The molecule has 0 unspecified atom stereocenters. The van der Waals surface area contributed by atoms with E-state index in [0.29, 0.717) is 6.54 Å². The number of nitrogens with zero attached hydrogens (tertiary/aromatic N) is 4. The Morgan fingerprint density at radius 2 is 1.76 bits per heavy atom. The van der Waals surface area contributed by atoms with Gasteiger partial charge in [-0.15, -0.1) is 11.3 Å². The van der Waals surface area contributed by atoms with Crippen LogP contribution in [0, 0.1) is 0 Å². The molecule has 4 rings (SSSR count). The van der Waals surface area contributed by atoms with Gasteiger partial charge >= 0.3 is 0 Å². The fourth-order valence-electron chi connectivity index (χ4n) is 3.81. The van der Waals surface area contributed by atoms with E-state index in [1.165, 1.54) is 16.3 Å². The van der Waals surface area contributed by atoms with Gasteiger partial charge in [-0.2, -0.15) is 0 Å². The molecule has 2 aliphatic heterocycles. The lowest BCUT2D eigenvalue weighted by Gasteiger charge is -2.37. The van der Waals surface area contributed by atoms with E-state index in [9.17, 15) is 0 Å². The molecule has 0 atom stereocenters. The number of benzene rings is 1. The van der Waals surface area contributed by atoms with Gasteiger partial charge in [-0.05, 0) is 42.1 Å². The van der Waals surface area contributed by atoms with Gasteiger partial charge in [-0.1, -0.05) is 12.1 Å². The highest BCUT2D eigenvalue weighted by molar-refractivity contribution is 7.14. The van der Waals surface area contributed by atoms with Gasteiger partial charge < -0.3 is 24.8 Å². The van der Waals surface area contributed by atoms with E-state index in [2.05, 4.69) is 68.7 Å². The number of hydrogen-bond acceptors (Lipinski definition) is 5. The van der Waals surface area contributed by atoms with E-state index < -0.39 is 0 Å². The molecular weight excluding hydrogens is 382 g/mol. The second kappa shape index (κ2) is 9.98. The summed E-state index contributed by atoms with van der Waals surface area (Å²) < 4.78 is 5.44. The van der Waals surface area contributed by atoms with Crippen molar-refractivity contribution in [3.63, 3.8) is 0 Å². The Morgan fingerprint density at radius 1 is 1.00 bits per heavy atom. The van der Waals surface area contributed by atoms with Gasteiger partial charge in [0, 0.05) is 51.5 Å². The molecule has 1 aromatic heterocycles. The number of morpholine rings is 1. The number of rotatable bonds is 5. The first-order valence-corrected chi connectivity index (χ1v) is 11.4. The van der Waals surface area contributed by atoms with Crippen LogP contribution in [0.3, 0.4) is 0 Å². The second-order valence-corrected chi connectivity index (χ2v) is 8.29. The highest BCUT2D eigenvalue weighted by Gasteiger charge is 2.20. The van der Waals surface area contributed by atoms with Gasteiger partial charge in [-0.3, -0.25) is 0 Å². The van der Waals surface area contributed by atoms with Crippen molar-refractivity contribution in [1.29, 1.82) is 0 Å². The summed E-state index contributed by atoms with van der Waals surface area (Å²) in [6.45, 7) is 11.4. The van der Waals surface area contributed by atoms with Crippen LogP contribution in [0.25, 0.3) is 0 Å². The third kappa shape index (κ3) is 5.22. The van der Waals surface area contributed by atoms with Crippen molar-refractivity contribution >= 4 is 28.0 Å². The molecule has 2 aliphatic rings. The summed E-state index contributed by atoms with van der Waals surface area (Å²) in [6.07, 6.45) is 0. The van der Waals surface area contributed by atoms with Gasteiger partial charge in [0.15, 0.2) is 5.96 Å². The molecule has 1 aromatic carbocycles. The molecule has 29 heavy (non-hydrogen) atoms. The van der Waals surface area contributed by atoms with Crippen LogP contribution in [0.15, 0.2) is 46.8 Å². The smallest absolute Gasteiger partial charge is 0.194 e. The molecule has 0 radical (unpaired) electrons. The predicted molar refractivity (Wildman–Crippen MR) is 122 cm³/mol. The first kappa shape index (κ1) is 20.0. The zero-order valence-electron chi connectivity index (χ0n) is 17.2. The second-order valence-electron chi connectivity index (χ2n) is 7.36. The van der Waals surface area contributed by atoms with Crippen molar-refractivity contribution in [1.82, 2.24) is 10.2 Å². The lowest BCUT2D eigenvalue weighted by molar-refractivity contribution is 0.122. The molecule has 156 valence electrons. The third-order valence-electron chi connectivity index (χ3n) is 5.46. The van der Waals surface area contributed by atoms with Gasteiger partial charge in [0.1, 0.15) is 0 Å². The highest BCUT2D eigenvalue weighted by Crippen LogP contribution is 2.22. The molecule has 1 N–H and O–H groups in total. The minimum atomic E-state index is 0.705. The van der Waals surface area contributed by atoms with Crippen LogP contribution in [-0.2, 0) is 11.3 Å². The number of aliphatic imine (C=N–C) groups is 1. The summed E-state index contributed by atoms with van der Waals surface area (Å²) in [7, 11) is 0. The predicted octanol–water partition coefficient (Wildman–Crippen LogP) is 2.87. The first-order valence-electron chi connectivity index (χ1n) is 10.6.